The zero-order chi connectivity index (χ0) is 20.5. The number of halogens is 1. The zero-order valence-corrected chi connectivity index (χ0v) is 21.0. The monoisotopic (exact) mass is 520 g/mol. The lowest BCUT2D eigenvalue weighted by Crippen LogP contribution is -2.46. The second kappa shape index (κ2) is 12.6. The van der Waals surface area contributed by atoms with Crippen LogP contribution in [0.1, 0.15) is 41.0 Å². The van der Waals surface area contributed by atoms with Crippen molar-refractivity contribution >= 4 is 45.9 Å². The maximum absolute atomic E-state index is 12.0. The van der Waals surface area contributed by atoms with Crippen molar-refractivity contribution in [3.05, 3.63) is 0 Å². The molecule has 0 saturated heterocycles. The third-order valence-electron chi connectivity index (χ3n) is 3.61. The fourth-order valence-electron chi connectivity index (χ4n) is 2.20. The minimum Gasteiger partial charge on any atom is -0.444 e. The minimum atomic E-state index is -3.02. The van der Waals surface area contributed by atoms with E-state index in [1.165, 1.54) is 6.26 Å². The molecule has 0 aliphatic carbocycles. The van der Waals surface area contributed by atoms with Gasteiger partial charge >= 0.3 is 6.09 Å². The molecule has 0 bridgehead atoms. The third kappa shape index (κ3) is 14.9. The van der Waals surface area contributed by atoms with Gasteiger partial charge in [0.05, 0.1) is 5.75 Å². The first-order chi connectivity index (χ1) is 11.7. The Labute approximate surface area is 181 Å². The lowest BCUT2D eigenvalue weighted by Gasteiger charge is -2.28. The number of rotatable bonds is 8. The molecule has 0 radical (unpaired) electrons. The van der Waals surface area contributed by atoms with Crippen molar-refractivity contribution in [3.63, 3.8) is 0 Å². The van der Waals surface area contributed by atoms with E-state index >= 15 is 0 Å². The van der Waals surface area contributed by atoms with Gasteiger partial charge in [-0.15, -0.1) is 24.0 Å². The highest BCUT2D eigenvalue weighted by molar-refractivity contribution is 14.0. The molecular formula is C17H37IN4O4S. The maximum atomic E-state index is 12.0. The Morgan fingerprint density at radius 2 is 1.81 bits per heavy atom. The van der Waals surface area contributed by atoms with Crippen LogP contribution < -0.4 is 10.6 Å². The molecule has 0 aromatic rings. The Morgan fingerprint density at radius 1 is 1.26 bits per heavy atom. The average molecular weight is 520 g/mol. The van der Waals surface area contributed by atoms with E-state index in [4.69, 9.17) is 4.74 Å². The highest BCUT2D eigenvalue weighted by Crippen LogP contribution is 2.11. The minimum absolute atomic E-state index is 0. The molecule has 0 rings (SSSR count). The molecule has 2 N–H and O–H groups in total. The third-order valence-corrected chi connectivity index (χ3v) is 4.56. The molecule has 1 unspecified atom stereocenters. The predicted molar refractivity (Wildman–Crippen MR) is 122 cm³/mol. The van der Waals surface area contributed by atoms with E-state index < -0.39 is 21.5 Å². The standard InChI is InChI=1S/C17H36N4O4S.HI/c1-13(2)14(20-16(22)25-17(3,4)5)9-11-21(7)15(18-6)19-10-12-26(8,23)24;/h13-14H,9-12H2,1-8H3,(H,18,19)(H,20,22);1H. The van der Waals surface area contributed by atoms with Crippen LogP contribution in [0.2, 0.25) is 0 Å². The topological polar surface area (TPSA) is 100 Å². The number of nitrogens with one attached hydrogen (secondary N) is 2. The molecule has 0 saturated carbocycles. The fraction of sp³-hybridized carbons (Fsp3) is 0.882. The second-order valence-corrected chi connectivity index (χ2v) is 10.1. The van der Waals surface area contributed by atoms with E-state index in [-0.39, 0.29) is 41.7 Å². The van der Waals surface area contributed by atoms with Gasteiger partial charge in [-0.1, -0.05) is 13.8 Å². The van der Waals surface area contributed by atoms with Gasteiger partial charge in [0.1, 0.15) is 15.4 Å². The van der Waals surface area contributed by atoms with Crippen LogP contribution in [0.4, 0.5) is 4.79 Å². The normalized spacial score (nSPS) is 13.6. The van der Waals surface area contributed by atoms with E-state index in [0.29, 0.717) is 25.5 Å². The van der Waals surface area contributed by atoms with Gasteiger partial charge in [-0.05, 0) is 33.1 Å². The first-order valence-corrected chi connectivity index (χ1v) is 10.9. The molecule has 0 aliphatic heterocycles. The number of amides is 1. The fourth-order valence-corrected chi connectivity index (χ4v) is 2.68. The van der Waals surface area contributed by atoms with Crippen LogP contribution in [0, 0.1) is 5.92 Å². The molecule has 0 aliphatic rings. The second-order valence-electron chi connectivity index (χ2n) is 7.81. The smallest absolute Gasteiger partial charge is 0.407 e. The molecule has 0 spiro atoms. The number of carbonyl (C=O) groups is 1. The average Bonchev–Trinajstić information content (AvgIpc) is 2.44. The van der Waals surface area contributed by atoms with E-state index in [9.17, 15) is 13.2 Å². The number of carbonyl (C=O) groups excluding carboxylic acids is 1. The van der Waals surface area contributed by atoms with Crippen LogP contribution in [0.3, 0.4) is 0 Å². The van der Waals surface area contributed by atoms with Crippen LogP contribution in [0.25, 0.3) is 0 Å². The summed E-state index contributed by atoms with van der Waals surface area (Å²) in [6.07, 6.45) is 1.49. The summed E-state index contributed by atoms with van der Waals surface area (Å²) < 4.78 is 27.8. The molecule has 10 heteroatoms. The summed E-state index contributed by atoms with van der Waals surface area (Å²) in [5.41, 5.74) is -0.534. The number of alkyl carbamates (subject to hydrolysis) is 1. The molecule has 1 atom stereocenters. The van der Waals surface area contributed by atoms with Crippen LogP contribution in [-0.4, -0.2) is 76.2 Å². The Bertz CT molecular complexity index is 574. The SMILES string of the molecule is CN=C(NCCS(C)(=O)=O)N(C)CCC(NC(=O)OC(C)(C)C)C(C)C.I. The molecular weight excluding hydrogens is 483 g/mol. The molecule has 8 nitrogen and oxygen atoms in total. The first kappa shape index (κ1) is 28.4. The van der Waals surface area contributed by atoms with E-state index in [2.05, 4.69) is 15.6 Å². The van der Waals surface area contributed by atoms with Gasteiger partial charge in [0.15, 0.2) is 5.96 Å². The van der Waals surface area contributed by atoms with E-state index in [0.717, 1.165) is 0 Å². The first-order valence-electron chi connectivity index (χ1n) is 8.84. The Morgan fingerprint density at radius 3 is 2.22 bits per heavy atom. The summed E-state index contributed by atoms with van der Waals surface area (Å²) in [6, 6.07) is -0.0403. The molecule has 0 aromatic carbocycles. The van der Waals surface area contributed by atoms with Crippen molar-refractivity contribution in [2.45, 2.75) is 52.7 Å². The maximum Gasteiger partial charge on any atom is 0.407 e. The lowest BCUT2D eigenvalue weighted by molar-refractivity contribution is 0.0486. The van der Waals surface area contributed by atoms with Crippen molar-refractivity contribution in [2.75, 3.05) is 39.2 Å². The summed E-state index contributed by atoms with van der Waals surface area (Å²) in [4.78, 5) is 18.1. The van der Waals surface area contributed by atoms with Crippen LogP contribution in [-0.2, 0) is 14.6 Å². The quantitative estimate of drug-likeness (QED) is 0.289. The van der Waals surface area contributed by atoms with E-state index in [1.807, 2.05) is 46.6 Å². The lowest BCUT2D eigenvalue weighted by atomic mass is 10.0. The van der Waals surface area contributed by atoms with Gasteiger partial charge in [-0.2, -0.15) is 0 Å². The highest BCUT2D eigenvalue weighted by atomic mass is 127. The summed E-state index contributed by atoms with van der Waals surface area (Å²) in [5.74, 6) is 0.916. The highest BCUT2D eigenvalue weighted by Gasteiger charge is 2.22. The summed E-state index contributed by atoms with van der Waals surface area (Å²) >= 11 is 0. The number of guanidine groups is 1. The number of aliphatic imine (C=N–C) groups is 1. The molecule has 1 amide bonds. The van der Waals surface area contributed by atoms with Crippen LogP contribution in [0.5, 0.6) is 0 Å². The molecule has 0 heterocycles. The van der Waals surface area contributed by atoms with Crippen molar-refractivity contribution in [1.82, 2.24) is 15.5 Å². The molecule has 27 heavy (non-hydrogen) atoms. The number of nitrogens with zero attached hydrogens (tertiary/aromatic N) is 2. The number of ether oxygens (including phenoxy) is 1. The summed E-state index contributed by atoms with van der Waals surface area (Å²) in [6.45, 7) is 10.5. The zero-order valence-electron chi connectivity index (χ0n) is 17.8. The number of sulfone groups is 1. The molecule has 0 fully saturated rings. The summed E-state index contributed by atoms with van der Waals surface area (Å²) in [5, 5.41) is 5.96. The van der Waals surface area contributed by atoms with Gasteiger partial charge in [-0.25, -0.2) is 13.2 Å². The predicted octanol–water partition coefficient (Wildman–Crippen LogP) is 2.10. The largest absolute Gasteiger partial charge is 0.444 e. The Hall–Kier alpha value is -0.780. The van der Waals surface area contributed by atoms with Crippen LogP contribution in [0.15, 0.2) is 4.99 Å². The van der Waals surface area contributed by atoms with E-state index in [1.54, 1.807) is 7.05 Å². The molecule has 0 aromatic heterocycles. The number of hydrogen-bond donors (Lipinski definition) is 2. The van der Waals surface area contributed by atoms with Crippen molar-refractivity contribution in [1.29, 1.82) is 0 Å². The number of hydrogen-bond acceptors (Lipinski definition) is 5. The Balaban J connectivity index is 0. The van der Waals surface area contributed by atoms with Gasteiger partial charge in [-0.3, -0.25) is 4.99 Å². The van der Waals surface area contributed by atoms with Crippen molar-refractivity contribution in [3.8, 4) is 0 Å². The van der Waals surface area contributed by atoms with Gasteiger partial charge in [0, 0.05) is 39.5 Å². The van der Waals surface area contributed by atoms with Gasteiger partial charge in [0.2, 0.25) is 0 Å². The Kier molecular flexibility index (Phi) is 13.3. The van der Waals surface area contributed by atoms with Gasteiger partial charge < -0.3 is 20.3 Å². The summed E-state index contributed by atoms with van der Waals surface area (Å²) in [7, 11) is 0.510. The van der Waals surface area contributed by atoms with Crippen molar-refractivity contribution < 1.29 is 17.9 Å². The van der Waals surface area contributed by atoms with Gasteiger partial charge in [0.25, 0.3) is 0 Å². The molecule has 162 valence electrons. The van der Waals surface area contributed by atoms with Crippen LogP contribution >= 0.6 is 24.0 Å². The van der Waals surface area contributed by atoms with Crippen molar-refractivity contribution in [2.24, 2.45) is 10.9 Å².